The van der Waals surface area contributed by atoms with Gasteiger partial charge >= 0.3 is 0 Å². The average Bonchev–Trinajstić information content (AvgIpc) is 2.82. The number of nitrogens with one attached hydrogen (secondary N) is 1. The Hall–Kier alpha value is -0.220. The van der Waals surface area contributed by atoms with Gasteiger partial charge in [0.2, 0.25) is 0 Å². The lowest BCUT2D eigenvalue weighted by molar-refractivity contribution is 0.193. The van der Waals surface area contributed by atoms with Gasteiger partial charge < -0.3 is 10.2 Å². The zero-order chi connectivity index (χ0) is 14.6. The molecule has 1 saturated heterocycles. The molecule has 20 heavy (non-hydrogen) atoms. The first-order chi connectivity index (χ1) is 9.46. The van der Waals surface area contributed by atoms with E-state index in [0.717, 1.165) is 19.0 Å². The van der Waals surface area contributed by atoms with Gasteiger partial charge in [-0.15, -0.1) is 0 Å². The number of amidine groups is 1. The molecule has 0 aromatic heterocycles. The molecular weight excluding hydrogens is 266 g/mol. The first-order valence-electron chi connectivity index (χ1n) is 8.13. The Balaban J connectivity index is 1.64. The van der Waals surface area contributed by atoms with Gasteiger partial charge in [-0.2, -0.15) is 0 Å². The van der Waals surface area contributed by atoms with Crippen molar-refractivity contribution in [1.82, 2.24) is 10.2 Å². The van der Waals surface area contributed by atoms with Crippen LogP contribution in [0.1, 0.15) is 47.0 Å². The molecule has 0 amide bonds. The summed E-state index contributed by atoms with van der Waals surface area (Å²) < 4.78 is 0. The number of likely N-dealkylation sites (tertiary alicyclic amines) is 1. The van der Waals surface area contributed by atoms with E-state index in [9.17, 15) is 0 Å². The van der Waals surface area contributed by atoms with Crippen LogP contribution in [0.25, 0.3) is 0 Å². The van der Waals surface area contributed by atoms with E-state index in [1.807, 2.05) is 11.8 Å². The molecule has 1 unspecified atom stereocenters. The normalized spacial score (nSPS) is 25.8. The highest BCUT2D eigenvalue weighted by molar-refractivity contribution is 8.14. The standard InChI is InChI=1S/C16H31N3S/c1-5-19-8-6-13(7-9-19)11-17-15-18-12-14(20-15)10-16(2,3)4/h13-14H,5-12H2,1-4H3,(H,17,18). The smallest absolute Gasteiger partial charge is 0.156 e. The van der Waals surface area contributed by atoms with E-state index in [1.165, 1.54) is 44.1 Å². The van der Waals surface area contributed by atoms with Gasteiger partial charge in [0.15, 0.2) is 5.17 Å². The predicted molar refractivity (Wildman–Crippen MR) is 90.6 cm³/mol. The van der Waals surface area contributed by atoms with Crippen LogP contribution in [0, 0.1) is 11.3 Å². The first kappa shape index (κ1) is 16.2. The van der Waals surface area contributed by atoms with Gasteiger partial charge in [-0.1, -0.05) is 39.5 Å². The van der Waals surface area contributed by atoms with Crippen molar-refractivity contribution in [3.05, 3.63) is 0 Å². The molecule has 116 valence electrons. The van der Waals surface area contributed by atoms with E-state index in [0.29, 0.717) is 10.7 Å². The maximum absolute atomic E-state index is 4.67. The van der Waals surface area contributed by atoms with Crippen LogP contribution in [0.2, 0.25) is 0 Å². The summed E-state index contributed by atoms with van der Waals surface area (Å²) in [5, 5.41) is 5.47. The number of rotatable bonds is 4. The zero-order valence-electron chi connectivity index (χ0n) is 13.6. The second-order valence-electron chi connectivity index (χ2n) is 7.41. The molecule has 1 fully saturated rings. The molecule has 2 heterocycles. The van der Waals surface area contributed by atoms with Gasteiger partial charge in [-0.05, 0) is 50.2 Å². The molecule has 0 aliphatic carbocycles. The topological polar surface area (TPSA) is 27.6 Å². The van der Waals surface area contributed by atoms with Crippen LogP contribution < -0.4 is 5.32 Å². The lowest BCUT2D eigenvalue weighted by Crippen LogP contribution is -2.37. The molecule has 2 aliphatic rings. The number of hydrogen-bond acceptors (Lipinski definition) is 4. The number of piperidine rings is 1. The molecular formula is C16H31N3S. The summed E-state index contributed by atoms with van der Waals surface area (Å²) in [6, 6.07) is 0. The fourth-order valence-corrected chi connectivity index (χ4v) is 4.41. The Morgan fingerprint density at radius 1 is 1.30 bits per heavy atom. The quantitative estimate of drug-likeness (QED) is 0.863. The highest BCUT2D eigenvalue weighted by Crippen LogP contribution is 2.31. The monoisotopic (exact) mass is 297 g/mol. The van der Waals surface area contributed by atoms with E-state index in [-0.39, 0.29) is 0 Å². The summed E-state index contributed by atoms with van der Waals surface area (Å²) in [6.45, 7) is 15.1. The van der Waals surface area contributed by atoms with Crippen molar-refractivity contribution in [2.24, 2.45) is 16.3 Å². The van der Waals surface area contributed by atoms with Crippen molar-refractivity contribution >= 4 is 16.9 Å². The lowest BCUT2D eigenvalue weighted by atomic mass is 9.90. The first-order valence-corrected chi connectivity index (χ1v) is 9.01. The molecule has 1 N–H and O–H groups in total. The third kappa shape index (κ3) is 5.28. The summed E-state index contributed by atoms with van der Waals surface area (Å²) in [4.78, 5) is 7.23. The third-order valence-electron chi connectivity index (χ3n) is 4.25. The van der Waals surface area contributed by atoms with Crippen LogP contribution in [-0.2, 0) is 0 Å². The van der Waals surface area contributed by atoms with Gasteiger partial charge in [0.1, 0.15) is 0 Å². The van der Waals surface area contributed by atoms with Crippen LogP contribution in [0.15, 0.2) is 4.99 Å². The molecule has 4 heteroatoms. The number of nitrogens with zero attached hydrogens (tertiary/aromatic N) is 2. The fourth-order valence-electron chi connectivity index (χ4n) is 3.04. The maximum atomic E-state index is 4.67. The number of hydrogen-bond donors (Lipinski definition) is 1. The van der Waals surface area contributed by atoms with E-state index >= 15 is 0 Å². The van der Waals surface area contributed by atoms with E-state index < -0.39 is 0 Å². The minimum Gasteiger partial charge on any atom is -0.365 e. The van der Waals surface area contributed by atoms with Crippen molar-refractivity contribution in [1.29, 1.82) is 0 Å². The van der Waals surface area contributed by atoms with Gasteiger partial charge in [0.25, 0.3) is 0 Å². The molecule has 0 saturated carbocycles. The number of thioether (sulfide) groups is 1. The third-order valence-corrected chi connectivity index (χ3v) is 5.40. The average molecular weight is 298 g/mol. The molecule has 0 aromatic rings. The zero-order valence-corrected chi connectivity index (χ0v) is 14.4. The Kier molecular flexibility index (Phi) is 5.79. The maximum Gasteiger partial charge on any atom is 0.156 e. The van der Waals surface area contributed by atoms with Gasteiger partial charge in [-0.25, -0.2) is 0 Å². The molecule has 2 rings (SSSR count). The van der Waals surface area contributed by atoms with Gasteiger partial charge in [-0.3, -0.25) is 4.99 Å². The Labute approximate surface area is 129 Å². The van der Waals surface area contributed by atoms with Crippen LogP contribution in [0.4, 0.5) is 0 Å². The van der Waals surface area contributed by atoms with E-state index in [1.54, 1.807) is 0 Å². The SMILES string of the molecule is CCN1CCC(CNC2=NCC(CC(C)(C)C)S2)CC1. The minimum atomic E-state index is 0.412. The fraction of sp³-hybridized carbons (Fsp3) is 0.938. The molecule has 3 nitrogen and oxygen atoms in total. The van der Waals surface area contributed by atoms with Gasteiger partial charge in [0, 0.05) is 11.8 Å². The largest absolute Gasteiger partial charge is 0.365 e. The highest BCUT2D eigenvalue weighted by atomic mass is 32.2. The highest BCUT2D eigenvalue weighted by Gasteiger charge is 2.25. The molecule has 0 bridgehead atoms. The molecule has 2 aliphatic heterocycles. The Bertz CT molecular complexity index is 327. The van der Waals surface area contributed by atoms with Crippen molar-refractivity contribution in [3.8, 4) is 0 Å². The van der Waals surface area contributed by atoms with E-state index in [2.05, 4.69) is 42.9 Å². The van der Waals surface area contributed by atoms with Crippen LogP contribution in [0.5, 0.6) is 0 Å². The molecule has 0 radical (unpaired) electrons. The summed E-state index contributed by atoms with van der Waals surface area (Å²) in [6.07, 6.45) is 3.93. The van der Waals surface area contributed by atoms with Crippen molar-refractivity contribution in [2.75, 3.05) is 32.7 Å². The van der Waals surface area contributed by atoms with Crippen molar-refractivity contribution in [2.45, 2.75) is 52.2 Å². The predicted octanol–water partition coefficient (Wildman–Crippen LogP) is 3.22. The summed E-state index contributed by atoms with van der Waals surface area (Å²) in [5.41, 5.74) is 0.412. The van der Waals surface area contributed by atoms with Crippen LogP contribution >= 0.6 is 11.8 Å². The molecule has 0 aromatic carbocycles. The van der Waals surface area contributed by atoms with Crippen LogP contribution in [0.3, 0.4) is 0 Å². The summed E-state index contributed by atoms with van der Waals surface area (Å²) >= 11 is 1.96. The van der Waals surface area contributed by atoms with Crippen LogP contribution in [-0.4, -0.2) is 48.0 Å². The van der Waals surface area contributed by atoms with E-state index in [4.69, 9.17) is 0 Å². The summed E-state index contributed by atoms with van der Waals surface area (Å²) in [5.74, 6) is 0.836. The van der Waals surface area contributed by atoms with Crippen molar-refractivity contribution < 1.29 is 0 Å². The van der Waals surface area contributed by atoms with Crippen molar-refractivity contribution in [3.63, 3.8) is 0 Å². The van der Waals surface area contributed by atoms with Gasteiger partial charge in [0.05, 0.1) is 6.54 Å². The second kappa shape index (κ2) is 7.17. The minimum absolute atomic E-state index is 0.412. The summed E-state index contributed by atoms with van der Waals surface area (Å²) in [7, 11) is 0. The molecule has 1 atom stereocenters. The molecule has 0 spiro atoms. The second-order valence-corrected chi connectivity index (χ2v) is 8.70. The lowest BCUT2D eigenvalue weighted by Gasteiger charge is -2.31. The Morgan fingerprint density at radius 2 is 2.00 bits per heavy atom. The Morgan fingerprint density at radius 3 is 2.60 bits per heavy atom. The number of aliphatic imine (C=N–C) groups is 1.